The van der Waals surface area contributed by atoms with Crippen molar-refractivity contribution in [1.29, 1.82) is 0 Å². The number of rotatable bonds is 2. The van der Waals surface area contributed by atoms with Crippen molar-refractivity contribution in [2.24, 2.45) is 5.41 Å². The minimum Gasteiger partial charge on any atom is -0.399 e. The minimum atomic E-state index is 0.397. The topological polar surface area (TPSA) is 38.0 Å². The van der Waals surface area contributed by atoms with Crippen LogP contribution >= 0.6 is 0 Å². The zero-order valence-electron chi connectivity index (χ0n) is 12.5. The highest BCUT2D eigenvalue weighted by molar-refractivity contribution is 5.68. The highest BCUT2D eigenvalue weighted by Crippen LogP contribution is 2.37. The average molecular weight is 266 g/mol. The Balaban J connectivity index is 1.88. The van der Waals surface area contributed by atoms with Gasteiger partial charge in [-0.25, -0.2) is 0 Å². The molecule has 0 saturated carbocycles. The van der Waals surface area contributed by atoms with Crippen LogP contribution in [-0.4, -0.2) is 0 Å². The molecule has 0 amide bonds. The lowest BCUT2D eigenvalue weighted by Crippen LogP contribution is -2.09. The molecule has 0 aliphatic heterocycles. The third-order valence-corrected chi connectivity index (χ3v) is 4.08. The van der Waals surface area contributed by atoms with Gasteiger partial charge >= 0.3 is 0 Å². The van der Waals surface area contributed by atoms with E-state index in [4.69, 9.17) is 5.73 Å². The van der Waals surface area contributed by atoms with Crippen LogP contribution in [0.3, 0.4) is 0 Å². The molecule has 20 heavy (non-hydrogen) atoms. The van der Waals surface area contributed by atoms with E-state index in [1.807, 2.05) is 18.2 Å². The molecule has 2 aromatic carbocycles. The predicted molar refractivity (Wildman–Crippen MR) is 86.5 cm³/mol. The van der Waals surface area contributed by atoms with Gasteiger partial charge in [-0.3, -0.25) is 0 Å². The lowest BCUT2D eigenvalue weighted by molar-refractivity contribution is 0.392. The highest BCUT2D eigenvalue weighted by Gasteiger charge is 2.28. The van der Waals surface area contributed by atoms with Crippen LogP contribution in [0.4, 0.5) is 17.1 Å². The van der Waals surface area contributed by atoms with Crippen LogP contribution in [-0.2, 0) is 12.8 Å². The molecule has 0 atom stereocenters. The molecular formula is C18H22N2. The van der Waals surface area contributed by atoms with E-state index in [0.717, 1.165) is 23.5 Å². The third-order valence-electron chi connectivity index (χ3n) is 4.08. The quantitative estimate of drug-likeness (QED) is 0.788. The molecular weight excluding hydrogens is 244 g/mol. The summed E-state index contributed by atoms with van der Waals surface area (Å²) in [6.07, 6.45) is 2.34. The Morgan fingerprint density at radius 1 is 1.00 bits per heavy atom. The summed E-state index contributed by atoms with van der Waals surface area (Å²) in [7, 11) is 0. The molecule has 0 aromatic heterocycles. The number of fused-ring (bicyclic) bond motifs is 1. The summed E-state index contributed by atoms with van der Waals surface area (Å²) >= 11 is 0. The molecule has 0 bridgehead atoms. The fraction of sp³-hybridized carbons (Fsp3) is 0.333. The van der Waals surface area contributed by atoms with Gasteiger partial charge in [0.15, 0.2) is 0 Å². The zero-order valence-corrected chi connectivity index (χ0v) is 12.5. The second-order valence-corrected chi connectivity index (χ2v) is 6.70. The largest absolute Gasteiger partial charge is 0.399 e. The first-order valence-electron chi connectivity index (χ1n) is 7.18. The molecule has 1 aliphatic carbocycles. The Morgan fingerprint density at radius 2 is 1.75 bits per heavy atom. The van der Waals surface area contributed by atoms with Gasteiger partial charge in [0.25, 0.3) is 0 Å². The molecule has 0 radical (unpaired) electrons. The van der Waals surface area contributed by atoms with Crippen molar-refractivity contribution in [3.63, 3.8) is 0 Å². The van der Waals surface area contributed by atoms with E-state index in [2.05, 4.69) is 44.3 Å². The molecule has 0 heterocycles. The van der Waals surface area contributed by atoms with Crippen LogP contribution in [0.2, 0.25) is 0 Å². The molecule has 3 rings (SSSR count). The molecule has 104 valence electrons. The summed E-state index contributed by atoms with van der Waals surface area (Å²) in [5, 5.41) is 3.49. The van der Waals surface area contributed by atoms with Gasteiger partial charge < -0.3 is 11.1 Å². The standard InChI is InChI=1S/C18H22N2/c1-12-4-6-15(19)9-17(12)20-16-7-5-13-10-18(2,3)11-14(13)8-16/h4-9,20H,10-11,19H2,1-3H3. The Morgan fingerprint density at radius 3 is 2.55 bits per heavy atom. The number of nitrogens with one attached hydrogen (secondary N) is 1. The Bertz CT molecular complexity index is 656. The number of hydrogen-bond acceptors (Lipinski definition) is 2. The van der Waals surface area contributed by atoms with Crippen molar-refractivity contribution in [2.75, 3.05) is 11.1 Å². The van der Waals surface area contributed by atoms with Crippen molar-refractivity contribution in [3.8, 4) is 0 Å². The molecule has 0 saturated heterocycles. The minimum absolute atomic E-state index is 0.397. The van der Waals surface area contributed by atoms with E-state index < -0.39 is 0 Å². The van der Waals surface area contributed by atoms with Crippen molar-refractivity contribution >= 4 is 17.1 Å². The van der Waals surface area contributed by atoms with E-state index in [0.29, 0.717) is 5.41 Å². The monoisotopic (exact) mass is 266 g/mol. The fourth-order valence-corrected chi connectivity index (χ4v) is 3.06. The Hall–Kier alpha value is -1.96. The summed E-state index contributed by atoms with van der Waals surface area (Å²) < 4.78 is 0. The molecule has 2 aromatic rings. The summed E-state index contributed by atoms with van der Waals surface area (Å²) in [5.74, 6) is 0. The van der Waals surface area contributed by atoms with Gasteiger partial charge in [-0.1, -0.05) is 26.0 Å². The van der Waals surface area contributed by atoms with E-state index >= 15 is 0 Å². The molecule has 3 N–H and O–H groups in total. The summed E-state index contributed by atoms with van der Waals surface area (Å²) in [4.78, 5) is 0. The average Bonchev–Trinajstić information content (AvgIpc) is 2.67. The van der Waals surface area contributed by atoms with Gasteiger partial charge in [-0.15, -0.1) is 0 Å². The van der Waals surface area contributed by atoms with Crippen molar-refractivity contribution < 1.29 is 0 Å². The van der Waals surface area contributed by atoms with Crippen LogP contribution in [0, 0.1) is 12.3 Å². The van der Waals surface area contributed by atoms with Gasteiger partial charge in [-0.05, 0) is 66.1 Å². The van der Waals surface area contributed by atoms with Crippen molar-refractivity contribution in [3.05, 3.63) is 53.1 Å². The van der Waals surface area contributed by atoms with Gasteiger partial charge in [0.1, 0.15) is 0 Å². The summed E-state index contributed by atoms with van der Waals surface area (Å²) in [5.41, 5.74) is 13.5. The first-order chi connectivity index (χ1) is 9.43. The van der Waals surface area contributed by atoms with Gasteiger partial charge in [0.2, 0.25) is 0 Å². The Kier molecular flexibility index (Phi) is 2.97. The van der Waals surface area contributed by atoms with E-state index in [1.54, 1.807) is 0 Å². The highest BCUT2D eigenvalue weighted by atomic mass is 14.9. The first kappa shape index (κ1) is 13.0. The molecule has 2 heteroatoms. The van der Waals surface area contributed by atoms with Gasteiger partial charge in [-0.2, -0.15) is 0 Å². The maximum absolute atomic E-state index is 5.87. The molecule has 2 nitrogen and oxygen atoms in total. The van der Waals surface area contributed by atoms with Crippen LogP contribution < -0.4 is 11.1 Å². The maximum Gasteiger partial charge on any atom is 0.0434 e. The zero-order chi connectivity index (χ0) is 14.3. The fourth-order valence-electron chi connectivity index (χ4n) is 3.06. The van der Waals surface area contributed by atoms with Crippen molar-refractivity contribution in [2.45, 2.75) is 33.6 Å². The van der Waals surface area contributed by atoms with Gasteiger partial charge in [0.05, 0.1) is 0 Å². The predicted octanol–water partition coefficient (Wildman–Crippen LogP) is 4.45. The normalized spacial score (nSPS) is 15.9. The Labute approximate surface area is 121 Å². The smallest absolute Gasteiger partial charge is 0.0434 e. The lowest BCUT2D eigenvalue weighted by atomic mass is 9.90. The second-order valence-electron chi connectivity index (χ2n) is 6.70. The van der Waals surface area contributed by atoms with E-state index in [-0.39, 0.29) is 0 Å². The number of anilines is 3. The number of nitrogens with two attached hydrogens (primary N) is 1. The molecule has 0 spiro atoms. The van der Waals surface area contributed by atoms with Crippen LogP contribution in [0.15, 0.2) is 36.4 Å². The third kappa shape index (κ3) is 2.51. The second kappa shape index (κ2) is 4.55. The van der Waals surface area contributed by atoms with E-state index in [1.165, 1.54) is 23.1 Å². The maximum atomic E-state index is 5.87. The summed E-state index contributed by atoms with van der Waals surface area (Å²) in [6.45, 7) is 6.77. The lowest BCUT2D eigenvalue weighted by Gasteiger charge is -2.14. The first-order valence-corrected chi connectivity index (χ1v) is 7.18. The number of benzene rings is 2. The number of nitrogen functional groups attached to an aromatic ring is 1. The number of hydrogen-bond donors (Lipinski definition) is 2. The molecule has 1 aliphatic rings. The molecule has 0 unspecified atom stereocenters. The molecule has 0 fully saturated rings. The van der Waals surface area contributed by atoms with Crippen LogP contribution in [0.25, 0.3) is 0 Å². The SMILES string of the molecule is Cc1ccc(N)cc1Nc1ccc2c(c1)CC(C)(C)C2. The van der Waals surface area contributed by atoms with E-state index in [9.17, 15) is 0 Å². The summed E-state index contributed by atoms with van der Waals surface area (Å²) in [6, 6.07) is 12.7. The van der Waals surface area contributed by atoms with Crippen LogP contribution in [0.5, 0.6) is 0 Å². The van der Waals surface area contributed by atoms with Crippen molar-refractivity contribution in [1.82, 2.24) is 0 Å². The van der Waals surface area contributed by atoms with Gasteiger partial charge in [0, 0.05) is 17.1 Å². The van der Waals surface area contributed by atoms with Crippen LogP contribution in [0.1, 0.15) is 30.5 Å². The number of aryl methyl sites for hydroxylation is 1.